The van der Waals surface area contributed by atoms with Crippen LogP contribution in [-0.2, 0) is 7.05 Å². The molecule has 0 bridgehead atoms. The summed E-state index contributed by atoms with van der Waals surface area (Å²) in [6.07, 6.45) is 4.96. The third kappa shape index (κ3) is 2.68. The predicted molar refractivity (Wildman–Crippen MR) is 105 cm³/mol. The molecule has 0 spiro atoms. The second-order valence-electron chi connectivity index (χ2n) is 6.68. The predicted octanol–water partition coefficient (Wildman–Crippen LogP) is 4.48. The van der Waals surface area contributed by atoms with E-state index in [1.165, 1.54) is 10.6 Å². The Balaban J connectivity index is 1.80. The van der Waals surface area contributed by atoms with Crippen molar-refractivity contribution in [3.05, 3.63) is 77.0 Å². The van der Waals surface area contributed by atoms with Gasteiger partial charge in [-0.15, -0.1) is 0 Å². The van der Waals surface area contributed by atoms with E-state index in [1.54, 1.807) is 31.7 Å². The van der Waals surface area contributed by atoms with Gasteiger partial charge in [-0.05, 0) is 30.3 Å². The Labute approximate surface area is 162 Å². The number of aryl methyl sites for hydroxylation is 1. The lowest BCUT2D eigenvalue weighted by molar-refractivity contribution is 0.443. The van der Waals surface area contributed by atoms with Gasteiger partial charge in [-0.25, -0.2) is 8.78 Å². The second kappa shape index (κ2) is 6.30. The number of hydrogen-bond donors (Lipinski definition) is 2. The quantitative estimate of drug-likeness (QED) is 0.475. The Morgan fingerprint density at radius 1 is 1.07 bits per heavy atom. The maximum absolute atomic E-state index is 14.3. The van der Waals surface area contributed by atoms with E-state index in [4.69, 9.17) is 4.74 Å². The zero-order chi connectivity index (χ0) is 20.1. The minimum absolute atomic E-state index is 0.114. The molecule has 8 heteroatoms. The van der Waals surface area contributed by atoms with Gasteiger partial charge in [-0.1, -0.05) is 0 Å². The molecule has 3 heterocycles. The molecule has 0 aliphatic rings. The standard InChI is InChI=1S/C21H14F2N4O2/c1-27-10-15(12-6-7-24-19(12)21(27)28)13-3-4-17-14(9-25-26-17)20(13)29-18-5-2-11(22)8-16(18)23/h2-10,24H,1H3,(H,25,26). The Morgan fingerprint density at radius 2 is 1.93 bits per heavy atom. The van der Waals surface area contributed by atoms with E-state index in [0.29, 0.717) is 33.1 Å². The van der Waals surface area contributed by atoms with Crippen molar-refractivity contribution >= 4 is 21.8 Å². The fraction of sp³-hybridized carbons (Fsp3) is 0.0476. The summed E-state index contributed by atoms with van der Waals surface area (Å²) in [4.78, 5) is 15.4. The van der Waals surface area contributed by atoms with Gasteiger partial charge in [-0.3, -0.25) is 9.89 Å². The van der Waals surface area contributed by atoms with Crippen molar-refractivity contribution in [2.24, 2.45) is 7.05 Å². The van der Waals surface area contributed by atoms with E-state index < -0.39 is 11.6 Å². The van der Waals surface area contributed by atoms with Crippen LogP contribution in [0.3, 0.4) is 0 Å². The molecule has 29 heavy (non-hydrogen) atoms. The molecule has 6 nitrogen and oxygen atoms in total. The Kier molecular flexibility index (Phi) is 3.73. The molecular formula is C21H14F2N4O2. The lowest BCUT2D eigenvalue weighted by Gasteiger charge is -2.15. The highest BCUT2D eigenvalue weighted by Gasteiger charge is 2.19. The largest absolute Gasteiger partial charge is 0.453 e. The smallest absolute Gasteiger partial charge is 0.274 e. The number of nitrogens with zero attached hydrogens (tertiary/aromatic N) is 2. The average molecular weight is 392 g/mol. The van der Waals surface area contributed by atoms with E-state index in [0.717, 1.165) is 17.7 Å². The third-order valence-electron chi connectivity index (χ3n) is 4.86. The van der Waals surface area contributed by atoms with Crippen LogP contribution in [0.2, 0.25) is 0 Å². The van der Waals surface area contributed by atoms with Gasteiger partial charge in [0.15, 0.2) is 11.6 Å². The van der Waals surface area contributed by atoms with Crippen molar-refractivity contribution in [3.8, 4) is 22.6 Å². The first-order valence-corrected chi connectivity index (χ1v) is 8.79. The number of fused-ring (bicyclic) bond motifs is 2. The highest BCUT2D eigenvalue weighted by atomic mass is 19.1. The lowest BCUT2D eigenvalue weighted by Crippen LogP contribution is -2.16. The van der Waals surface area contributed by atoms with Gasteiger partial charge in [0, 0.05) is 42.0 Å². The molecule has 0 aliphatic carbocycles. The van der Waals surface area contributed by atoms with E-state index in [1.807, 2.05) is 12.1 Å². The maximum atomic E-state index is 14.3. The molecule has 2 N–H and O–H groups in total. The van der Waals surface area contributed by atoms with Crippen LogP contribution in [0.25, 0.3) is 32.9 Å². The first kappa shape index (κ1) is 17.2. The number of rotatable bonds is 3. The molecule has 3 aromatic heterocycles. The molecule has 0 radical (unpaired) electrons. The third-order valence-corrected chi connectivity index (χ3v) is 4.86. The number of pyridine rings is 1. The van der Waals surface area contributed by atoms with Crippen molar-refractivity contribution < 1.29 is 13.5 Å². The summed E-state index contributed by atoms with van der Waals surface area (Å²) in [5.74, 6) is -1.27. The summed E-state index contributed by atoms with van der Waals surface area (Å²) in [5, 5.41) is 8.23. The molecule has 144 valence electrons. The minimum atomic E-state index is -0.816. The first-order valence-electron chi connectivity index (χ1n) is 8.79. The van der Waals surface area contributed by atoms with Crippen molar-refractivity contribution in [1.29, 1.82) is 0 Å². The zero-order valence-electron chi connectivity index (χ0n) is 15.2. The Bertz CT molecular complexity index is 1450. The number of aromatic amines is 2. The van der Waals surface area contributed by atoms with Crippen LogP contribution in [0.15, 0.2) is 59.8 Å². The fourth-order valence-electron chi connectivity index (χ4n) is 3.47. The van der Waals surface area contributed by atoms with Crippen molar-refractivity contribution in [2.75, 3.05) is 0 Å². The number of benzene rings is 2. The summed E-state index contributed by atoms with van der Waals surface area (Å²) >= 11 is 0. The van der Waals surface area contributed by atoms with E-state index in [9.17, 15) is 13.6 Å². The van der Waals surface area contributed by atoms with E-state index in [2.05, 4.69) is 15.2 Å². The summed E-state index contributed by atoms with van der Waals surface area (Å²) in [6, 6.07) is 8.57. The van der Waals surface area contributed by atoms with Crippen molar-refractivity contribution in [2.45, 2.75) is 0 Å². The second-order valence-corrected chi connectivity index (χ2v) is 6.68. The van der Waals surface area contributed by atoms with Gasteiger partial charge in [0.1, 0.15) is 17.1 Å². The van der Waals surface area contributed by atoms with Crippen LogP contribution in [-0.4, -0.2) is 19.7 Å². The van der Waals surface area contributed by atoms with Gasteiger partial charge < -0.3 is 14.3 Å². The highest BCUT2D eigenvalue weighted by Crippen LogP contribution is 2.41. The van der Waals surface area contributed by atoms with Crippen LogP contribution >= 0.6 is 0 Å². The van der Waals surface area contributed by atoms with Crippen LogP contribution < -0.4 is 10.3 Å². The number of aromatic nitrogens is 4. The molecule has 0 amide bonds. The summed E-state index contributed by atoms with van der Waals surface area (Å²) in [7, 11) is 1.66. The molecule has 5 rings (SSSR count). The zero-order valence-corrected chi connectivity index (χ0v) is 15.2. The topological polar surface area (TPSA) is 75.7 Å². The fourth-order valence-corrected chi connectivity index (χ4v) is 3.47. The molecule has 0 saturated carbocycles. The molecule has 0 aliphatic heterocycles. The van der Waals surface area contributed by atoms with E-state index in [-0.39, 0.29) is 11.3 Å². The summed E-state index contributed by atoms with van der Waals surface area (Å²) < 4.78 is 35.0. The van der Waals surface area contributed by atoms with E-state index >= 15 is 0 Å². The van der Waals surface area contributed by atoms with Gasteiger partial charge in [-0.2, -0.15) is 5.10 Å². The number of H-pyrrole nitrogens is 2. The van der Waals surface area contributed by atoms with Gasteiger partial charge in [0.05, 0.1) is 17.1 Å². The SMILES string of the molecule is Cn1cc(-c2ccc3[nH]ncc3c2Oc2ccc(F)cc2F)c2cc[nH]c2c1=O. The highest BCUT2D eigenvalue weighted by molar-refractivity contribution is 6.01. The normalized spacial score (nSPS) is 11.4. The van der Waals surface area contributed by atoms with Gasteiger partial charge >= 0.3 is 0 Å². The number of nitrogens with one attached hydrogen (secondary N) is 2. The Morgan fingerprint density at radius 3 is 2.76 bits per heavy atom. The minimum Gasteiger partial charge on any atom is -0.453 e. The van der Waals surface area contributed by atoms with Crippen LogP contribution in [0.1, 0.15) is 0 Å². The summed E-state index contributed by atoms with van der Waals surface area (Å²) in [6.45, 7) is 0. The molecule has 0 fully saturated rings. The van der Waals surface area contributed by atoms with Crippen molar-refractivity contribution in [3.63, 3.8) is 0 Å². The van der Waals surface area contributed by atoms with Crippen LogP contribution in [0.5, 0.6) is 11.5 Å². The molecule has 5 aromatic rings. The molecule has 0 unspecified atom stereocenters. The lowest BCUT2D eigenvalue weighted by atomic mass is 10.0. The van der Waals surface area contributed by atoms with Crippen LogP contribution in [0.4, 0.5) is 8.78 Å². The monoisotopic (exact) mass is 392 g/mol. The van der Waals surface area contributed by atoms with Crippen molar-refractivity contribution in [1.82, 2.24) is 19.7 Å². The van der Waals surface area contributed by atoms with Crippen LogP contribution in [0, 0.1) is 11.6 Å². The molecule has 2 aromatic carbocycles. The first-order chi connectivity index (χ1) is 14.0. The molecular weight excluding hydrogens is 378 g/mol. The average Bonchev–Trinajstić information content (AvgIpc) is 3.37. The maximum Gasteiger partial charge on any atom is 0.274 e. The number of halogens is 2. The van der Waals surface area contributed by atoms with Gasteiger partial charge in [0.25, 0.3) is 5.56 Å². The summed E-state index contributed by atoms with van der Waals surface area (Å²) in [5.41, 5.74) is 2.36. The number of hydrogen-bond acceptors (Lipinski definition) is 3. The Hall–Kier alpha value is -3.94. The molecule has 0 saturated heterocycles. The van der Waals surface area contributed by atoms with Gasteiger partial charge in [0.2, 0.25) is 0 Å². The number of ether oxygens (including phenoxy) is 1. The molecule has 0 atom stereocenters.